The molecule has 0 saturated carbocycles. The molecule has 140 valence electrons. The summed E-state index contributed by atoms with van der Waals surface area (Å²) in [7, 11) is 1.87. The van der Waals surface area contributed by atoms with E-state index in [9.17, 15) is 4.79 Å². The van der Waals surface area contributed by atoms with E-state index in [0.717, 1.165) is 44.8 Å². The standard InChI is InChI=1S/C21H28N2O3/c1-23(16-17-10-14-25-15-11-17)21(24)22-12-9-19(20-8-5-13-26-20)18-6-3-2-4-7-18/h2-8,13,17,19H,9-12,14-16H2,1H3,(H,22,24). The van der Waals surface area contributed by atoms with Crippen molar-refractivity contribution in [1.82, 2.24) is 10.2 Å². The summed E-state index contributed by atoms with van der Waals surface area (Å²) in [5, 5.41) is 3.05. The van der Waals surface area contributed by atoms with Gasteiger partial charge in [-0.05, 0) is 42.9 Å². The van der Waals surface area contributed by atoms with E-state index >= 15 is 0 Å². The maximum absolute atomic E-state index is 12.4. The molecule has 2 amide bonds. The maximum Gasteiger partial charge on any atom is 0.317 e. The van der Waals surface area contributed by atoms with Gasteiger partial charge in [0.25, 0.3) is 0 Å². The lowest BCUT2D eigenvalue weighted by atomic mass is 9.93. The molecule has 1 atom stereocenters. The van der Waals surface area contributed by atoms with Crippen molar-refractivity contribution in [3.63, 3.8) is 0 Å². The maximum atomic E-state index is 12.4. The van der Waals surface area contributed by atoms with E-state index in [1.54, 1.807) is 11.2 Å². The summed E-state index contributed by atoms with van der Waals surface area (Å²) in [6.07, 6.45) is 4.57. The number of urea groups is 1. The molecule has 2 aromatic rings. The molecule has 0 bridgehead atoms. The van der Waals surface area contributed by atoms with E-state index < -0.39 is 0 Å². The topological polar surface area (TPSA) is 54.7 Å². The van der Waals surface area contributed by atoms with E-state index in [2.05, 4.69) is 17.4 Å². The largest absolute Gasteiger partial charge is 0.469 e. The molecule has 1 fully saturated rings. The number of ether oxygens (including phenoxy) is 1. The van der Waals surface area contributed by atoms with Crippen molar-refractivity contribution < 1.29 is 13.9 Å². The van der Waals surface area contributed by atoms with Gasteiger partial charge in [-0.3, -0.25) is 0 Å². The Hall–Kier alpha value is -2.27. The van der Waals surface area contributed by atoms with Crippen LogP contribution in [-0.4, -0.2) is 44.3 Å². The Labute approximate surface area is 155 Å². The van der Waals surface area contributed by atoms with Crippen molar-refractivity contribution in [3.05, 3.63) is 60.1 Å². The minimum atomic E-state index is -0.0113. The van der Waals surface area contributed by atoms with Gasteiger partial charge in [0.05, 0.1) is 6.26 Å². The monoisotopic (exact) mass is 356 g/mol. The molecule has 1 aromatic heterocycles. The lowest BCUT2D eigenvalue weighted by Gasteiger charge is -2.27. The van der Waals surface area contributed by atoms with E-state index in [-0.39, 0.29) is 11.9 Å². The normalized spacial score (nSPS) is 16.2. The van der Waals surface area contributed by atoms with E-state index in [4.69, 9.17) is 9.15 Å². The van der Waals surface area contributed by atoms with Crippen molar-refractivity contribution in [3.8, 4) is 0 Å². The number of amides is 2. The Bertz CT molecular complexity index is 651. The Kier molecular flexibility index (Phi) is 6.72. The van der Waals surface area contributed by atoms with Crippen LogP contribution in [0.3, 0.4) is 0 Å². The van der Waals surface area contributed by atoms with Crippen molar-refractivity contribution in [2.75, 3.05) is 33.4 Å². The molecule has 0 radical (unpaired) electrons. The number of nitrogens with one attached hydrogen (secondary N) is 1. The lowest BCUT2D eigenvalue weighted by Crippen LogP contribution is -2.41. The number of hydrogen-bond donors (Lipinski definition) is 1. The Morgan fingerprint density at radius 3 is 2.65 bits per heavy atom. The molecule has 1 aliphatic rings. The molecular formula is C21H28N2O3. The fraction of sp³-hybridized carbons (Fsp3) is 0.476. The van der Waals surface area contributed by atoms with Crippen LogP contribution in [0.2, 0.25) is 0 Å². The molecule has 1 unspecified atom stereocenters. The number of furan rings is 1. The summed E-state index contributed by atoms with van der Waals surface area (Å²) in [5.74, 6) is 1.62. The second-order valence-electron chi connectivity index (χ2n) is 6.94. The zero-order valence-corrected chi connectivity index (χ0v) is 15.4. The van der Waals surface area contributed by atoms with Gasteiger partial charge in [0, 0.05) is 39.3 Å². The number of carbonyl (C=O) groups is 1. The second-order valence-corrected chi connectivity index (χ2v) is 6.94. The molecule has 1 N–H and O–H groups in total. The van der Waals surface area contributed by atoms with Gasteiger partial charge in [0.2, 0.25) is 0 Å². The summed E-state index contributed by atoms with van der Waals surface area (Å²) in [6, 6.07) is 14.2. The SMILES string of the molecule is CN(CC1CCOCC1)C(=O)NCCC(c1ccccc1)c1ccco1. The first-order chi connectivity index (χ1) is 12.7. The van der Waals surface area contributed by atoms with Crippen molar-refractivity contribution >= 4 is 6.03 Å². The molecule has 5 heteroatoms. The highest BCUT2D eigenvalue weighted by Crippen LogP contribution is 2.27. The van der Waals surface area contributed by atoms with Crippen molar-refractivity contribution in [1.29, 1.82) is 0 Å². The molecule has 2 heterocycles. The molecule has 1 aliphatic heterocycles. The van der Waals surface area contributed by atoms with Crippen LogP contribution < -0.4 is 5.32 Å². The first-order valence-corrected chi connectivity index (χ1v) is 9.39. The Morgan fingerprint density at radius 1 is 1.19 bits per heavy atom. The predicted octanol–water partition coefficient (Wildman–Crippen LogP) is 3.87. The molecule has 5 nitrogen and oxygen atoms in total. The van der Waals surface area contributed by atoms with Crippen molar-refractivity contribution in [2.24, 2.45) is 5.92 Å². The average Bonchev–Trinajstić information content (AvgIpc) is 3.21. The van der Waals surface area contributed by atoms with Gasteiger partial charge >= 0.3 is 6.03 Å². The number of carbonyl (C=O) groups excluding carboxylic acids is 1. The molecule has 1 saturated heterocycles. The highest BCUT2D eigenvalue weighted by molar-refractivity contribution is 5.73. The van der Waals surface area contributed by atoms with Gasteiger partial charge in [0.15, 0.2) is 0 Å². The highest BCUT2D eigenvalue weighted by Gasteiger charge is 2.20. The quantitative estimate of drug-likeness (QED) is 0.819. The molecule has 3 rings (SSSR count). The van der Waals surface area contributed by atoms with Crippen molar-refractivity contribution in [2.45, 2.75) is 25.2 Å². The summed E-state index contributed by atoms with van der Waals surface area (Å²) < 4.78 is 11.0. The second kappa shape index (κ2) is 9.43. The van der Waals surface area contributed by atoms with E-state index in [1.807, 2.05) is 37.4 Å². The summed E-state index contributed by atoms with van der Waals surface area (Å²) in [5.41, 5.74) is 1.20. The number of nitrogens with zero attached hydrogens (tertiary/aromatic N) is 1. The van der Waals surface area contributed by atoms with Gasteiger partial charge in [-0.2, -0.15) is 0 Å². The fourth-order valence-corrected chi connectivity index (χ4v) is 3.51. The summed E-state index contributed by atoms with van der Waals surface area (Å²) in [4.78, 5) is 14.2. The van der Waals surface area contributed by atoms with Crippen LogP contribution in [0.15, 0.2) is 53.1 Å². The Balaban J connectivity index is 1.50. The number of benzene rings is 1. The van der Waals surface area contributed by atoms with Gasteiger partial charge in [-0.15, -0.1) is 0 Å². The zero-order valence-electron chi connectivity index (χ0n) is 15.4. The minimum Gasteiger partial charge on any atom is -0.469 e. The zero-order chi connectivity index (χ0) is 18.2. The Morgan fingerprint density at radius 2 is 1.96 bits per heavy atom. The van der Waals surface area contributed by atoms with Gasteiger partial charge in [-0.25, -0.2) is 4.79 Å². The van der Waals surface area contributed by atoms with Crippen LogP contribution in [0.1, 0.15) is 36.5 Å². The van der Waals surface area contributed by atoms with Crippen LogP contribution in [0, 0.1) is 5.92 Å². The average molecular weight is 356 g/mol. The molecule has 1 aromatic carbocycles. The predicted molar refractivity (Wildman–Crippen MR) is 101 cm³/mol. The summed E-state index contributed by atoms with van der Waals surface area (Å²) >= 11 is 0. The van der Waals surface area contributed by atoms with Crippen LogP contribution in [0.4, 0.5) is 4.79 Å². The first-order valence-electron chi connectivity index (χ1n) is 9.39. The number of rotatable bonds is 7. The van der Waals surface area contributed by atoms with Gasteiger partial charge in [0.1, 0.15) is 5.76 Å². The summed E-state index contributed by atoms with van der Waals surface area (Å²) in [6.45, 7) is 3.01. The third-order valence-corrected chi connectivity index (χ3v) is 5.02. The van der Waals surface area contributed by atoms with Crippen LogP contribution in [0.5, 0.6) is 0 Å². The van der Waals surface area contributed by atoms with E-state index in [0.29, 0.717) is 12.5 Å². The minimum absolute atomic E-state index is 0.0113. The van der Waals surface area contributed by atoms with Crippen LogP contribution >= 0.6 is 0 Å². The van der Waals surface area contributed by atoms with E-state index in [1.165, 1.54) is 5.56 Å². The molecule has 0 spiro atoms. The molecular weight excluding hydrogens is 328 g/mol. The van der Waals surface area contributed by atoms with Gasteiger partial charge in [-0.1, -0.05) is 30.3 Å². The lowest BCUT2D eigenvalue weighted by molar-refractivity contribution is 0.0586. The third kappa shape index (κ3) is 5.11. The smallest absolute Gasteiger partial charge is 0.317 e. The fourth-order valence-electron chi connectivity index (χ4n) is 3.51. The molecule has 0 aliphatic carbocycles. The van der Waals surface area contributed by atoms with Gasteiger partial charge < -0.3 is 19.4 Å². The van der Waals surface area contributed by atoms with Crippen LogP contribution in [0.25, 0.3) is 0 Å². The van der Waals surface area contributed by atoms with Crippen LogP contribution in [-0.2, 0) is 4.74 Å². The molecule has 26 heavy (non-hydrogen) atoms. The third-order valence-electron chi connectivity index (χ3n) is 5.02. The number of hydrogen-bond acceptors (Lipinski definition) is 3. The highest BCUT2D eigenvalue weighted by atomic mass is 16.5. The first kappa shape index (κ1) is 18.5.